The van der Waals surface area contributed by atoms with E-state index in [0.29, 0.717) is 6.54 Å². The largest absolute Gasteiger partial charge is 0.462 e. The quantitative estimate of drug-likeness (QED) is 0.929. The number of likely N-dealkylation sites (tertiary alicyclic amines) is 1. The molecule has 1 aliphatic rings. The van der Waals surface area contributed by atoms with Gasteiger partial charge in [0.15, 0.2) is 0 Å². The van der Waals surface area contributed by atoms with Crippen LogP contribution in [-0.2, 0) is 13.1 Å². The van der Waals surface area contributed by atoms with Gasteiger partial charge in [-0.3, -0.25) is 4.90 Å². The van der Waals surface area contributed by atoms with Gasteiger partial charge in [0.1, 0.15) is 11.5 Å². The maximum atomic E-state index is 5.69. The molecule has 2 heterocycles. The molecule has 0 radical (unpaired) electrons. The third-order valence-corrected chi connectivity index (χ3v) is 3.74. The molecule has 0 amide bonds. The summed E-state index contributed by atoms with van der Waals surface area (Å²) in [4.78, 5) is 2.47. The van der Waals surface area contributed by atoms with Crippen LogP contribution in [0.1, 0.15) is 37.2 Å². The van der Waals surface area contributed by atoms with Crippen LogP contribution in [0, 0.1) is 0 Å². The van der Waals surface area contributed by atoms with Crippen LogP contribution in [0.25, 0.3) is 0 Å². The Bertz CT molecular complexity index is 330. The first-order chi connectivity index (χ1) is 7.79. The molecule has 0 unspecified atom stereocenters. The van der Waals surface area contributed by atoms with Gasteiger partial charge < -0.3 is 10.2 Å². The zero-order valence-corrected chi connectivity index (χ0v) is 11.1. The molecule has 2 rings (SSSR count). The second-order valence-electron chi connectivity index (χ2n) is 4.38. The second-order valence-corrected chi connectivity index (χ2v) is 5.23. The van der Waals surface area contributed by atoms with Crippen molar-refractivity contribution >= 4 is 15.9 Å². The van der Waals surface area contributed by atoms with E-state index >= 15 is 0 Å². The summed E-state index contributed by atoms with van der Waals surface area (Å²) in [6.07, 6.45) is 5.36. The van der Waals surface area contributed by atoms with Gasteiger partial charge in [-0.05, 0) is 47.9 Å². The number of halogens is 1. The molecule has 16 heavy (non-hydrogen) atoms. The molecule has 2 N–H and O–H groups in total. The van der Waals surface area contributed by atoms with Crippen LogP contribution in [0.2, 0.25) is 0 Å². The van der Waals surface area contributed by atoms with Gasteiger partial charge in [-0.1, -0.05) is 12.8 Å². The number of rotatable bonds is 3. The fraction of sp³-hybridized carbons (Fsp3) is 0.667. The van der Waals surface area contributed by atoms with E-state index in [1.165, 1.54) is 38.8 Å². The van der Waals surface area contributed by atoms with Crippen molar-refractivity contribution in [1.82, 2.24) is 4.90 Å². The Kier molecular flexibility index (Phi) is 4.44. The third-order valence-electron chi connectivity index (χ3n) is 3.07. The highest BCUT2D eigenvalue weighted by molar-refractivity contribution is 9.10. The molecular weight excluding hydrogens is 268 g/mol. The number of nitrogens with two attached hydrogens (primary N) is 1. The van der Waals surface area contributed by atoms with E-state index < -0.39 is 0 Å². The minimum atomic E-state index is 0.459. The van der Waals surface area contributed by atoms with Gasteiger partial charge in [0.2, 0.25) is 0 Å². The third kappa shape index (κ3) is 3.09. The van der Waals surface area contributed by atoms with Crippen molar-refractivity contribution in [2.75, 3.05) is 13.1 Å². The van der Waals surface area contributed by atoms with E-state index in [4.69, 9.17) is 10.2 Å². The maximum absolute atomic E-state index is 5.69. The summed E-state index contributed by atoms with van der Waals surface area (Å²) in [6, 6.07) is 2.05. The van der Waals surface area contributed by atoms with Gasteiger partial charge in [-0.25, -0.2) is 0 Å². The molecule has 0 bridgehead atoms. The molecule has 3 nitrogen and oxygen atoms in total. The summed E-state index contributed by atoms with van der Waals surface area (Å²) in [5.74, 6) is 1.87. The van der Waals surface area contributed by atoms with E-state index in [0.717, 1.165) is 22.5 Å². The lowest BCUT2D eigenvalue weighted by Crippen LogP contribution is -2.23. The van der Waals surface area contributed by atoms with Gasteiger partial charge in [0.05, 0.1) is 17.6 Å². The lowest BCUT2D eigenvalue weighted by Gasteiger charge is -2.17. The molecule has 1 aromatic rings. The maximum Gasteiger partial charge on any atom is 0.131 e. The lowest BCUT2D eigenvalue weighted by molar-refractivity contribution is 0.250. The van der Waals surface area contributed by atoms with Crippen molar-refractivity contribution in [3.05, 3.63) is 22.1 Å². The fourth-order valence-corrected chi connectivity index (χ4v) is 2.69. The Morgan fingerprint density at radius 3 is 2.50 bits per heavy atom. The van der Waals surface area contributed by atoms with Crippen molar-refractivity contribution in [2.45, 2.75) is 38.8 Å². The molecule has 90 valence electrons. The first-order valence-corrected chi connectivity index (χ1v) is 6.78. The van der Waals surface area contributed by atoms with Crippen LogP contribution in [0.5, 0.6) is 0 Å². The molecule has 0 saturated carbocycles. The number of nitrogens with zero attached hydrogens (tertiary/aromatic N) is 1. The van der Waals surface area contributed by atoms with Gasteiger partial charge in [-0.2, -0.15) is 0 Å². The van der Waals surface area contributed by atoms with E-state index in [-0.39, 0.29) is 0 Å². The Morgan fingerprint density at radius 2 is 1.94 bits per heavy atom. The number of hydrogen-bond donors (Lipinski definition) is 1. The van der Waals surface area contributed by atoms with Gasteiger partial charge in [-0.15, -0.1) is 0 Å². The van der Waals surface area contributed by atoms with E-state index in [2.05, 4.69) is 20.8 Å². The van der Waals surface area contributed by atoms with Crippen molar-refractivity contribution in [2.24, 2.45) is 5.73 Å². The highest BCUT2D eigenvalue weighted by atomic mass is 79.9. The summed E-state index contributed by atoms with van der Waals surface area (Å²) < 4.78 is 6.69. The molecule has 1 saturated heterocycles. The summed E-state index contributed by atoms with van der Waals surface area (Å²) in [6.45, 7) is 3.76. The molecule has 0 aliphatic carbocycles. The first kappa shape index (κ1) is 12.1. The second kappa shape index (κ2) is 5.84. The van der Waals surface area contributed by atoms with Gasteiger partial charge in [0.25, 0.3) is 0 Å². The number of hydrogen-bond acceptors (Lipinski definition) is 3. The monoisotopic (exact) mass is 286 g/mol. The summed E-state index contributed by atoms with van der Waals surface area (Å²) in [7, 11) is 0. The minimum Gasteiger partial charge on any atom is -0.462 e. The molecular formula is C12H19BrN2O. The standard InChI is InChI=1S/C12H19BrN2O/c13-11-7-10(16-12(11)8-14)9-15-5-3-1-2-4-6-15/h7H,1-6,8-9,14H2. The zero-order chi connectivity index (χ0) is 11.4. The van der Waals surface area contributed by atoms with Crippen LogP contribution in [-0.4, -0.2) is 18.0 Å². The van der Waals surface area contributed by atoms with Crippen molar-refractivity contribution in [1.29, 1.82) is 0 Å². The van der Waals surface area contributed by atoms with Crippen LogP contribution in [0.4, 0.5) is 0 Å². The number of furan rings is 1. The highest BCUT2D eigenvalue weighted by Crippen LogP contribution is 2.23. The first-order valence-electron chi connectivity index (χ1n) is 5.99. The minimum absolute atomic E-state index is 0.459. The molecule has 1 fully saturated rings. The molecule has 0 atom stereocenters. The SMILES string of the molecule is NCc1oc(CN2CCCCCC2)cc1Br. The Morgan fingerprint density at radius 1 is 1.25 bits per heavy atom. The Balaban J connectivity index is 1.96. The van der Waals surface area contributed by atoms with Crippen molar-refractivity contribution in [3.63, 3.8) is 0 Å². The van der Waals surface area contributed by atoms with Crippen LogP contribution < -0.4 is 5.73 Å². The van der Waals surface area contributed by atoms with E-state index in [1.807, 2.05) is 6.07 Å². The smallest absolute Gasteiger partial charge is 0.131 e. The highest BCUT2D eigenvalue weighted by Gasteiger charge is 2.13. The molecule has 0 spiro atoms. The predicted molar refractivity (Wildman–Crippen MR) is 68.0 cm³/mol. The molecule has 0 aromatic carbocycles. The van der Waals surface area contributed by atoms with Crippen molar-refractivity contribution in [3.8, 4) is 0 Å². The lowest BCUT2D eigenvalue weighted by atomic mass is 10.2. The van der Waals surface area contributed by atoms with Crippen molar-refractivity contribution < 1.29 is 4.42 Å². The fourth-order valence-electron chi connectivity index (χ4n) is 2.19. The van der Waals surface area contributed by atoms with Crippen LogP contribution in [0.3, 0.4) is 0 Å². The average molecular weight is 287 g/mol. The normalized spacial score (nSPS) is 18.6. The zero-order valence-electron chi connectivity index (χ0n) is 9.54. The molecule has 1 aliphatic heterocycles. The molecule has 4 heteroatoms. The molecule has 1 aromatic heterocycles. The van der Waals surface area contributed by atoms with E-state index in [1.54, 1.807) is 0 Å². The summed E-state index contributed by atoms with van der Waals surface area (Å²) in [5.41, 5.74) is 5.58. The van der Waals surface area contributed by atoms with Gasteiger partial charge in [0, 0.05) is 0 Å². The van der Waals surface area contributed by atoms with Gasteiger partial charge >= 0.3 is 0 Å². The van der Waals surface area contributed by atoms with Crippen LogP contribution >= 0.6 is 15.9 Å². The topological polar surface area (TPSA) is 42.4 Å². The Labute approximate surface area is 105 Å². The average Bonchev–Trinajstić information content (AvgIpc) is 2.50. The van der Waals surface area contributed by atoms with Crippen LogP contribution in [0.15, 0.2) is 15.0 Å². The predicted octanol–water partition coefficient (Wildman–Crippen LogP) is 2.88. The van der Waals surface area contributed by atoms with E-state index in [9.17, 15) is 0 Å². The summed E-state index contributed by atoms with van der Waals surface area (Å²) in [5, 5.41) is 0. The summed E-state index contributed by atoms with van der Waals surface area (Å²) >= 11 is 3.47. The Hall–Kier alpha value is -0.320.